The van der Waals surface area contributed by atoms with Crippen molar-refractivity contribution in [3.63, 3.8) is 0 Å². The molecule has 10 rings (SSSR count). The van der Waals surface area contributed by atoms with Gasteiger partial charge < -0.3 is 4.42 Å². The minimum absolute atomic E-state index is 0.587. The van der Waals surface area contributed by atoms with Crippen LogP contribution >= 0.6 is 0 Å². The predicted octanol–water partition coefficient (Wildman–Crippen LogP) is 13.2. The third kappa shape index (κ3) is 5.62. The molecule has 0 radical (unpaired) electrons. The number of nitrogens with zero attached hydrogens (tertiary/aromatic N) is 3. The smallest absolute Gasteiger partial charge is 0.164 e. The molecule has 0 aliphatic rings. The van der Waals surface area contributed by atoms with Crippen molar-refractivity contribution in [2.75, 3.05) is 0 Å². The molecule has 0 unspecified atom stereocenters. The first-order chi connectivity index (χ1) is 26.7. The Balaban J connectivity index is 1.12. The second-order valence-electron chi connectivity index (χ2n) is 13.7. The standard InChI is InChI=1S/C50H33N3O/c1-32-22-24-34(25-23-32)39-28-29-43(42-19-9-8-18-41(39)42)50-52-48(35-14-6-3-7-15-35)51-49(53-50)38-26-27-44-46(31-38)54-45-21-11-20-40(47(44)45)37-17-10-16-36(30-37)33-12-4-2-5-13-33/h2-31H,1H3. The van der Waals surface area contributed by atoms with Crippen LogP contribution in [0, 0.1) is 6.92 Å². The summed E-state index contributed by atoms with van der Waals surface area (Å²) in [4.78, 5) is 15.3. The van der Waals surface area contributed by atoms with E-state index in [1.807, 2.05) is 42.5 Å². The molecule has 4 nitrogen and oxygen atoms in total. The molecular formula is C50H33N3O. The van der Waals surface area contributed by atoms with Crippen molar-refractivity contribution in [1.82, 2.24) is 15.0 Å². The van der Waals surface area contributed by atoms with Gasteiger partial charge in [-0.15, -0.1) is 0 Å². The lowest BCUT2D eigenvalue weighted by atomic mass is 9.94. The third-order valence-corrected chi connectivity index (χ3v) is 10.2. The van der Waals surface area contributed by atoms with Crippen LogP contribution in [-0.4, -0.2) is 15.0 Å². The zero-order valence-corrected chi connectivity index (χ0v) is 29.6. The van der Waals surface area contributed by atoms with E-state index in [1.165, 1.54) is 27.8 Å². The van der Waals surface area contributed by atoms with Crippen LogP contribution in [0.15, 0.2) is 186 Å². The second-order valence-corrected chi connectivity index (χ2v) is 13.7. The van der Waals surface area contributed by atoms with Crippen LogP contribution in [-0.2, 0) is 0 Å². The number of furan rings is 1. The van der Waals surface area contributed by atoms with Crippen LogP contribution in [0.3, 0.4) is 0 Å². The summed E-state index contributed by atoms with van der Waals surface area (Å²) in [5.74, 6) is 1.83. The van der Waals surface area contributed by atoms with Crippen LogP contribution in [0.5, 0.6) is 0 Å². The average Bonchev–Trinajstić information content (AvgIpc) is 3.62. The van der Waals surface area contributed by atoms with E-state index in [9.17, 15) is 0 Å². The van der Waals surface area contributed by atoms with Crippen LogP contribution < -0.4 is 0 Å². The van der Waals surface area contributed by atoms with Gasteiger partial charge in [-0.2, -0.15) is 0 Å². The molecule has 0 aliphatic heterocycles. The van der Waals surface area contributed by atoms with E-state index in [-0.39, 0.29) is 0 Å². The summed E-state index contributed by atoms with van der Waals surface area (Å²) >= 11 is 0. The van der Waals surface area contributed by atoms with Gasteiger partial charge in [0.1, 0.15) is 11.2 Å². The molecule has 0 spiro atoms. The summed E-state index contributed by atoms with van der Waals surface area (Å²) in [6.45, 7) is 2.11. The number of aromatic nitrogens is 3. The fourth-order valence-electron chi connectivity index (χ4n) is 7.52. The van der Waals surface area contributed by atoms with Gasteiger partial charge in [0.15, 0.2) is 17.5 Å². The number of benzene rings is 8. The number of aryl methyl sites for hydroxylation is 1. The van der Waals surface area contributed by atoms with Crippen molar-refractivity contribution < 1.29 is 4.42 Å². The van der Waals surface area contributed by atoms with E-state index in [4.69, 9.17) is 19.4 Å². The molecule has 0 saturated carbocycles. The average molecular weight is 692 g/mol. The van der Waals surface area contributed by atoms with Gasteiger partial charge in [-0.25, -0.2) is 15.0 Å². The Kier molecular flexibility index (Phi) is 7.66. The lowest BCUT2D eigenvalue weighted by Gasteiger charge is -2.13. The molecular weight excluding hydrogens is 659 g/mol. The summed E-state index contributed by atoms with van der Waals surface area (Å²) in [6.07, 6.45) is 0. The normalized spacial score (nSPS) is 11.4. The molecule has 0 aliphatic carbocycles. The van der Waals surface area contributed by atoms with Crippen molar-refractivity contribution >= 4 is 32.7 Å². The molecule has 0 fully saturated rings. The van der Waals surface area contributed by atoms with E-state index in [1.54, 1.807) is 0 Å². The number of rotatable bonds is 6. The molecule has 2 heterocycles. The first-order valence-electron chi connectivity index (χ1n) is 18.2. The Morgan fingerprint density at radius 2 is 0.926 bits per heavy atom. The number of hydrogen-bond acceptors (Lipinski definition) is 4. The molecule has 10 aromatic rings. The summed E-state index contributed by atoms with van der Waals surface area (Å²) in [6, 6.07) is 63.4. The Hall–Kier alpha value is -7.17. The molecule has 0 bridgehead atoms. The molecule has 54 heavy (non-hydrogen) atoms. The zero-order valence-electron chi connectivity index (χ0n) is 29.6. The van der Waals surface area contributed by atoms with Crippen molar-refractivity contribution in [2.45, 2.75) is 6.92 Å². The van der Waals surface area contributed by atoms with Crippen molar-refractivity contribution in [2.24, 2.45) is 0 Å². The van der Waals surface area contributed by atoms with Gasteiger partial charge in [-0.1, -0.05) is 157 Å². The van der Waals surface area contributed by atoms with Crippen molar-refractivity contribution in [3.05, 3.63) is 188 Å². The predicted molar refractivity (Wildman–Crippen MR) is 222 cm³/mol. The second kappa shape index (κ2) is 13.1. The van der Waals surface area contributed by atoms with Gasteiger partial charge in [0.25, 0.3) is 0 Å². The Morgan fingerprint density at radius 1 is 0.333 bits per heavy atom. The summed E-state index contributed by atoms with van der Waals surface area (Å²) in [5, 5.41) is 4.37. The lowest BCUT2D eigenvalue weighted by Crippen LogP contribution is -2.00. The van der Waals surface area contributed by atoms with Crippen molar-refractivity contribution in [1.29, 1.82) is 0 Å². The summed E-state index contributed by atoms with van der Waals surface area (Å²) in [7, 11) is 0. The molecule has 2 aromatic heterocycles. The maximum absolute atomic E-state index is 6.57. The quantitative estimate of drug-likeness (QED) is 0.174. The van der Waals surface area contributed by atoms with Crippen LogP contribution in [0.25, 0.3) is 100 Å². The van der Waals surface area contributed by atoms with E-state index >= 15 is 0 Å². The molecule has 0 saturated heterocycles. The van der Waals surface area contributed by atoms with Crippen LogP contribution in [0.4, 0.5) is 0 Å². The fraction of sp³-hybridized carbons (Fsp3) is 0.0200. The molecule has 4 heteroatoms. The van der Waals surface area contributed by atoms with Crippen molar-refractivity contribution in [3.8, 4) is 67.5 Å². The molecule has 8 aromatic carbocycles. The minimum Gasteiger partial charge on any atom is -0.456 e. The monoisotopic (exact) mass is 691 g/mol. The zero-order chi connectivity index (χ0) is 36.0. The third-order valence-electron chi connectivity index (χ3n) is 10.2. The summed E-state index contributed by atoms with van der Waals surface area (Å²) in [5.41, 5.74) is 12.6. The van der Waals surface area contributed by atoms with Gasteiger partial charge in [0.2, 0.25) is 0 Å². The Bertz CT molecular complexity index is 2990. The van der Waals surface area contributed by atoms with E-state index < -0.39 is 0 Å². The molecule has 0 amide bonds. The maximum atomic E-state index is 6.57. The topological polar surface area (TPSA) is 51.8 Å². The van der Waals surface area contributed by atoms with Crippen LogP contribution in [0.1, 0.15) is 5.56 Å². The Labute approximate surface area is 313 Å². The lowest BCUT2D eigenvalue weighted by molar-refractivity contribution is 0.669. The minimum atomic E-state index is 0.587. The van der Waals surface area contributed by atoms with Gasteiger partial charge >= 0.3 is 0 Å². The molecule has 0 atom stereocenters. The number of fused-ring (bicyclic) bond motifs is 4. The first kappa shape index (κ1) is 31.6. The highest BCUT2D eigenvalue weighted by molar-refractivity contribution is 6.13. The Morgan fingerprint density at radius 3 is 1.70 bits per heavy atom. The fourth-order valence-corrected chi connectivity index (χ4v) is 7.52. The van der Waals surface area contributed by atoms with Gasteiger partial charge in [0.05, 0.1) is 0 Å². The highest BCUT2D eigenvalue weighted by Crippen LogP contribution is 2.40. The largest absolute Gasteiger partial charge is 0.456 e. The van der Waals surface area contributed by atoms with Gasteiger partial charge in [0, 0.05) is 27.5 Å². The van der Waals surface area contributed by atoms with E-state index in [2.05, 4.69) is 146 Å². The molecule has 0 N–H and O–H groups in total. The SMILES string of the molecule is Cc1ccc(-c2ccc(-c3nc(-c4ccccc4)nc(-c4ccc5c(c4)oc4cccc(-c6cccc(-c7ccccc7)c6)c45)n3)c3ccccc23)cc1. The van der Waals surface area contributed by atoms with Gasteiger partial charge in [-0.3, -0.25) is 0 Å². The molecule has 254 valence electrons. The van der Waals surface area contributed by atoms with Crippen LogP contribution in [0.2, 0.25) is 0 Å². The number of hydrogen-bond donors (Lipinski definition) is 0. The highest BCUT2D eigenvalue weighted by Gasteiger charge is 2.18. The maximum Gasteiger partial charge on any atom is 0.164 e. The first-order valence-corrected chi connectivity index (χ1v) is 18.2. The highest BCUT2D eigenvalue weighted by atomic mass is 16.3. The van der Waals surface area contributed by atoms with E-state index in [0.29, 0.717) is 17.5 Å². The summed E-state index contributed by atoms with van der Waals surface area (Å²) < 4.78 is 6.57. The van der Waals surface area contributed by atoms with E-state index in [0.717, 1.165) is 60.5 Å². The van der Waals surface area contributed by atoms with Gasteiger partial charge in [-0.05, 0) is 81.4 Å².